The Morgan fingerprint density at radius 2 is 2.18 bits per heavy atom. The summed E-state index contributed by atoms with van der Waals surface area (Å²) in [5.74, 6) is -0.418. The maximum Gasteiger partial charge on any atom is 0.151 e. The van der Waals surface area contributed by atoms with Gasteiger partial charge in [0.25, 0.3) is 0 Å². The minimum atomic E-state index is -0.418. The van der Waals surface area contributed by atoms with Crippen molar-refractivity contribution in [3.63, 3.8) is 0 Å². The molecule has 1 rings (SSSR count). The zero-order valence-corrected chi connectivity index (χ0v) is 6.65. The molecule has 0 spiro atoms. The maximum atomic E-state index is 12.5. The second kappa shape index (κ2) is 3.01. The fraction of sp³-hybridized carbons (Fsp3) is 0.125. The van der Waals surface area contributed by atoms with Crippen molar-refractivity contribution in [3.8, 4) is 0 Å². The predicted molar refractivity (Wildman–Crippen MR) is 41.5 cm³/mol. The van der Waals surface area contributed by atoms with E-state index >= 15 is 0 Å². The molecule has 0 bridgehead atoms. The number of aldehydes is 1. The summed E-state index contributed by atoms with van der Waals surface area (Å²) in [7, 11) is 0. The summed E-state index contributed by atoms with van der Waals surface area (Å²) in [5.41, 5.74) is 0.915. The van der Waals surface area contributed by atoms with E-state index < -0.39 is 5.82 Å². The third-order valence-electron chi connectivity index (χ3n) is 1.42. The SMILES string of the molecule is Cc1cc(F)cc(Cl)c1C=O. The number of hydrogen-bond acceptors (Lipinski definition) is 1. The van der Waals surface area contributed by atoms with Gasteiger partial charge in [0.2, 0.25) is 0 Å². The highest BCUT2D eigenvalue weighted by molar-refractivity contribution is 6.33. The van der Waals surface area contributed by atoms with Crippen LogP contribution in [0.4, 0.5) is 4.39 Å². The molecule has 1 aromatic rings. The second-order valence-electron chi connectivity index (χ2n) is 2.24. The molecule has 0 saturated heterocycles. The van der Waals surface area contributed by atoms with E-state index in [1.54, 1.807) is 6.92 Å². The first-order valence-electron chi connectivity index (χ1n) is 3.06. The van der Waals surface area contributed by atoms with E-state index in [9.17, 15) is 9.18 Å². The van der Waals surface area contributed by atoms with Crippen LogP contribution in [0.5, 0.6) is 0 Å². The molecule has 0 fully saturated rings. The minimum Gasteiger partial charge on any atom is -0.298 e. The summed E-state index contributed by atoms with van der Waals surface area (Å²) in [4.78, 5) is 10.4. The van der Waals surface area contributed by atoms with Crippen LogP contribution in [0, 0.1) is 12.7 Å². The quantitative estimate of drug-likeness (QED) is 0.595. The van der Waals surface area contributed by atoms with Gasteiger partial charge in [-0.1, -0.05) is 11.6 Å². The van der Waals surface area contributed by atoms with Gasteiger partial charge in [-0.2, -0.15) is 0 Å². The normalized spacial score (nSPS) is 9.73. The molecule has 0 aliphatic carbocycles. The van der Waals surface area contributed by atoms with Crippen molar-refractivity contribution in [3.05, 3.63) is 34.1 Å². The van der Waals surface area contributed by atoms with Crippen LogP contribution < -0.4 is 0 Å². The average Bonchev–Trinajstić information content (AvgIpc) is 1.85. The van der Waals surface area contributed by atoms with E-state index in [1.807, 2.05) is 0 Å². The molecule has 0 N–H and O–H groups in total. The van der Waals surface area contributed by atoms with Gasteiger partial charge >= 0.3 is 0 Å². The number of aryl methyl sites for hydroxylation is 1. The Balaban J connectivity index is 3.36. The summed E-state index contributed by atoms with van der Waals surface area (Å²) in [6.45, 7) is 1.64. The molecule has 0 heterocycles. The Kier molecular flexibility index (Phi) is 2.25. The molecular formula is C8H6ClFO. The molecule has 1 aromatic carbocycles. The Labute approximate surface area is 68.8 Å². The molecule has 3 heteroatoms. The molecule has 0 aliphatic heterocycles. The van der Waals surface area contributed by atoms with E-state index in [2.05, 4.69) is 0 Å². The summed E-state index contributed by atoms with van der Waals surface area (Å²) in [6.07, 6.45) is 0.622. The zero-order chi connectivity index (χ0) is 8.43. The van der Waals surface area contributed by atoms with Gasteiger partial charge in [-0.3, -0.25) is 4.79 Å². The van der Waals surface area contributed by atoms with Gasteiger partial charge in [0.05, 0.1) is 5.02 Å². The van der Waals surface area contributed by atoms with Gasteiger partial charge in [-0.15, -0.1) is 0 Å². The van der Waals surface area contributed by atoms with Gasteiger partial charge in [-0.25, -0.2) is 4.39 Å². The van der Waals surface area contributed by atoms with E-state index in [4.69, 9.17) is 11.6 Å². The first-order valence-corrected chi connectivity index (χ1v) is 3.44. The lowest BCUT2D eigenvalue weighted by atomic mass is 10.1. The van der Waals surface area contributed by atoms with E-state index in [1.165, 1.54) is 6.07 Å². The van der Waals surface area contributed by atoms with E-state index in [0.717, 1.165) is 6.07 Å². The fourth-order valence-corrected chi connectivity index (χ4v) is 1.16. The van der Waals surface area contributed by atoms with Crippen molar-refractivity contribution in [1.82, 2.24) is 0 Å². The largest absolute Gasteiger partial charge is 0.298 e. The molecule has 0 saturated carbocycles. The molecule has 0 unspecified atom stereocenters. The van der Waals surface area contributed by atoms with E-state index in [-0.39, 0.29) is 5.02 Å². The number of carbonyl (C=O) groups excluding carboxylic acids is 1. The third kappa shape index (κ3) is 1.57. The molecule has 0 radical (unpaired) electrons. The van der Waals surface area contributed by atoms with Crippen molar-refractivity contribution in [2.24, 2.45) is 0 Å². The monoisotopic (exact) mass is 172 g/mol. The topological polar surface area (TPSA) is 17.1 Å². The minimum absolute atomic E-state index is 0.164. The molecule has 11 heavy (non-hydrogen) atoms. The summed E-state index contributed by atoms with van der Waals surface area (Å²) in [6, 6.07) is 2.40. The van der Waals surface area contributed by atoms with Crippen LogP contribution >= 0.6 is 11.6 Å². The highest BCUT2D eigenvalue weighted by Crippen LogP contribution is 2.19. The third-order valence-corrected chi connectivity index (χ3v) is 1.73. The number of halogens is 2. The van der Waals surface area contributed by atoms with Crippen LogP contribution in [0.15, 0.2) is 12.1 Å². The van der Waals surface area contributed by atoms with Crippen LogP contribution in [0.2, 0.25) is 5.02 Å². The van der Waals surface area contributed by atoms with Gasteiger partial charge in [0.15, 0.2) is 6.29 Å². The molecule has 0 atom stereocenters. The summed E-state index contributed by atoms with van der Waals surface area (Å²) < 4.78 is 12.5. The lowest BCUT2D eigenvalue weighted by Gasteiger charge is -1.99. The zero-order valence-electron chi connectivity index (χ0n) is 5.90. The lowest BCUT2D eigenvalue weighted by Crippen LogP contribution is -1.89. The maximum absolute atomic E-state index is 12.5. The van der Waals surface area contributed by atoms with Gasteiger partial charge < -0.3 is 0 Å². The van der Waals surface area contributed by atoms with Crippen molar-refractivity contribution in [2.75, 3.05) is 0 Å². The Morgan fingerprint density at radius 3 is 2.64 bits per heavy atom. The molecule has 1 nitrogen and oxygen atoms in total. The van der Waals surface area contributed by atoms with Gasteiger partial charge in [0, 0.05) is 5.56 Å². The Bertz CT molecular complexity index is 273. The van der Waals surface area contributed by atoms with Gasteiger partial charge in [0.1, 0.15) is 5.82 Å². The smallest absolute Gasteiger partial charge is 0.151 e. The molecule has 0 aromatic heterocycles. The number of benzene rings is 1. The summed E-state index contributed by atoms with van der Waals surface area (Å²) in [5, 5.41) is 0.164. The van der Waals surface area contributed by atoms with Crippen LogP contribution in [-0.2, 0) is 0 Å². The molecule has 58 valence electrons. The van der Waals surface area contributed by atoms with Crippen molar-refractivity contribution >= 4 is 17.9 Å². The molecular weight excluding hydrogens is 167 g/mol. The predicted octanol–water partition coefficient (Wildman–Crippen LogP) is 2.60. The van der Waals surface area contributed by atoms with Crippen molar-refractivity contribution in [1.29, 1.82) is 0 Å². The van der Waals surface area contributed by atoms with Crippen molar-refractivity contribution in [2.45, 2.75) is 6.92 Å². The van der Waals surface area contributed by atoms with Gasteiger partial charge in [-0.05, 0) is 24.6 Å². The Hall–Kier alpha value is -0.890. The molecule has 0 aliphatic rings. The highest BCUT2D eigenvalue weighted by atomic mass is 35.5. The number of carbonyl (C=O) groups is 1. The average molecular weight is 173 g/mol. The van der Waals surface area contributed by atoms with Crippen LogP contribution in [0.3, 0.4) is 0 Å². The lowest BCUT2D eigenvalue weighted by molar-refractivity contribution is 0.112. The van der Waals surface area contributed by atoms with Crippen LogP contribution in [0.1, 0.15) is 15.9 Å². The first kappa shape index (κ1) is 8.21. The Morgan fingerprint density at radius 1 is 1.55 bits per heavy atom. The van der Waals surface area contributed by atoms with Crippen LogP contribution in [0.25, 0.3) is 0 Å². The van der Waals surface area contributed by atoms with E-state index in [0.29, 0.717) is 17.4 Å². The summed E-state index contributed by atoms with van der Waals surface area (Å²) >= 11 is 5.56. The highest BCUT2D eigenvalue weighted by Gasteiger charge is 2.04. The van der Waals surface area contributed by atoms with Crippen LogP contribution in [-0.4, -0.2) is 6.29 Å². The van der Waals surface area contributed by atoms with Crippen molar-refractivity contribution < 1.29 is 9.18 Å². The first-order chi connectivity index (χ1) is 5.15. The number of rotatable bonds is 1. The fourth-order valence-electron chi connectivity index (χ4n) is 0.863. The number of hydrogen-bond donors (Lipinski definition) is 0. The second-order valence-corrected chi connectivity index (χ2v) is 2.64. The standard InChI is InChI=1S/C8H6ClFO/c1-5-2-6(10)3-8(9)7(5)4-11/h2-4H,1H3. The molecule has 0 amide bonds.